The number of hydrogen-bond acceptors (Lipinski definition) is 4. The van der Waals surface area contributed by atoms with Gasteiger partial charge in [-0.2, -0.15) is 0 Å². The van der Waals surface area contributed by atoms with Gasteiger partial charge >= 0.3 is 6.03 Å². The second-order valence-electron chi connectivity index (χ2n) is 6.85. The second-order valence-corrected chi connectivity index (χ2v) is 6.85. The zero-order valence-corrected chi connectivity index (χ0v) is 15.1. The van der Waals surface area contributed by atoms with Crippen LogP contribution in [0.5, 0.6) is 0 Å². The molecule has 26 heavy (non-hydrogen) atoms. The van der Waals surface area contributed by atoms with Crippen LogP contribution in [0.1, 0.15) is 12.0 Å². The third kappa shape index (κ3) is 5.65. The van der Waals surface area contributed by atoms with Gasteiger partial charge in [-0.3, -0.25) is 4.90 Å². The van der Waals surface area contributed by atoms with Crippen molar-refractivity contribution in [2.24, 2.45) is 5.92 Å². The Balaban J connectivity index is 1.42. The molecule has 2 amide bonds. The van der Waals surface area contributed by atoms with E-state index < -0.39 is 0 Å². The largest absolute Gasteiger partial charge is 0.381 e. The Morgan fingerprint density at radius 3 is 2.62 bits per heavy atom. The maximum Gasteiger partial charge on any atom is 0.314 e. The summed E-state index contributed by atoms with van der Waals surface area (Å²) in [7, 11) is 0. The van der Waals surface area contributed by atoms with Crippen molar-refractivity contribution in [1.82, 2.24) is 15.5 Å². The van der Waals surface area contributed by atoms with Gasteiger partial charge in [-0.1, -0.05) is 12.1 Å². The standard InChI is InChI=1S/C19H28FN3O3/c20-17-3-1-15(2-4-17)5-7-21-19(24)22-13-18(16-6-10-26-14-16)23-8-11-25-12-9-23/h1-4,16,18H,5-14H2,(H2,21,22,24). The highest BCUT2D eigenvalue weighted by Crippen LogP contribution is 2.21. The number of nitrogens with zero attached hydrogens (tertiary/aromatic N) is 1. The minimum Gasteiger partial charge on any atom is -0.381 e. The van der Waals surface area contributed by atoms with Gasteiger partial charge in [0.2, 0.25) is 0 Å². The van der Waals surface area contributed by atoms with Crippen LogP contribution in [0.15, 0.2) is 24.3 Å². The molecule has 0 aromatic heterocycles. The smallest absolute Gasteiger partial charge is 0.314 e. The summed E-state index contributed by atoms with van der Waals surface area (Å²) in [5, 5.41) is 5.88. The molecule has 2 unspecified atom stereocenters. The zero-order chi connectivity index (χ0) is 18.2. The molecule has 144 valence electrons. The first kappa shape index (κ1) is 19.1. The second kappa shape index (κ2) is 9.85. The van der Waals surface area contributed by atoms with Crippen LogP contribution in [0, 0.1) is 11.7 Å². The average molecular weight is 365 g/mol. The van der Waals surface area contributed by atoms with Gasteiger partial charge in [0.15, 0.2) is 0 Å². The Hall–Kier alpha value is -1.70. The molecule has 2 aliphatic heterocycles. The molecular weight excluding hydrogens is 337 g/mol. The van der Waals surface area contributed by atoms with E-state index in [0.717, 1.165) is 51.5 Å². The molecule has 2 heterocycles. The molecule has 0 saturated carbocycles. The predicted molar refractivity (Wildman–Crippen MR) is 96.6 cm³/mol. The fourth-order valence-electron chi connectivity index (χ4n) is 3.59. The van der Waals surface area contributed by atoms with Crippen LogP contribution in [0.4, 0.5) is 9.18 Å². The molecule has 7 heteroatoms. The third-order valence-electron chi connectivity index (χ3n) is 5.11. The van der Waals surface area contributed by atoms with Crippen molar-refractivity contribution in [3.05, 3.63) is 35.6 Å². The zero-order valence-electron chi connectivity index (χ0n) is 15.1. The van der Waals surface area contributed by atoms with Crippen LogP contribution in [0.3, 0.4) is 0 Å². The maximum atomic E-state index is 12.9. The van der Waals surface area contributed by atoms with Gasteiger partial charge in [-0.25, -0.2) is 9.18 Å². The van der Waals surface area contributed by atoms with Crippen molar-refractivity contribution in [3.8, 4) is 0 Å². The van der Waals surface area contributed by atoms with Crippen molar-refractivity contribution < 1.29 is 18.7 Å². The van der Waals surface area contributed by atoms with Crippen LogP contribution < -0.4 is 10.6 Å². The number of rotatable bonds is 7. The molecule has 2 N–H and O–H groups in total. The van der Waals surface area contributed by atoms with E-state index >= 15 is 0 Å². The van der Waals surface area contributed by atoms with Crippen LogP contribution in [0.25, 0.3) is 0 Å². The van der Waals surface area contributed by atoms with Crippen molar-refractivity contribution in [1.29, 1.82) is 0 Å². The molecule has 0 bridgehead atoms. The van der Waals surface area contributed by atoms with E-state index in [1.165, 1.54) is 12.1 Å². The molecule has 1 aromatic carbocycles. The van der Waals surface area contributed by atoms with Gasteiger partial charge in [-0.15, -0.1) is 0 Å². The average Bonchev–Trinajstić information content (AvgIpc) is 3.19. The number of amides is 2. The fourth-order valence-corrected chi connectivity index (χ4v) is 3.59. The molecule has 6 nitrogen and oxygen atoms in total. The molecule has 1 aromatic rings. The number of benzene rings is 1. The van der Waals surface area contributed by atoms with Crippen LogP contribution in [0.2, 0.25) is 0 Å². The topological polar surface area (TPSA) is 62.8 Å². The van der Waals surface area contributed by atoms with E-state index in [1.54, 1.807) is 12.1 Å². The Kier molecular flexibility index (Phi) is 7.22. The first-order valence-electron chi connectivity index (χ1n) is 9.38. The van der Waals surface area contributed by atoms with Crippen LogP contribution >= 0.6 is 0 Å². The molecule has 3 rings (SSSR count). The van der Waals surface area contributed by atoms with Gasteiger partial charge in [0.05, 0.1) is 19.8 Å². The number of urea groups is 1. The molecule has 2 atom stereocenters. The van der Waals surface area contributed by atoms with Crippen LogP contribution in [-0.4, -0.2) is 69.6 Å². The third-order valence-corrected chi connectivity index (χ3v) is 5.11. The lowest BCUT2D eigenvalue weighted by atomic mass is 9.97. The van der Waals surface area contributed by atoms with Crippen LogP contribution in [-0.2, 0) is 15.9 Å². The quantitative estimate of drug-likeness (QED) is 0.767. The first-order valence-corrected chi connectivity index (χ1v) is 9.38. The number of carbonyl (C=O) groups is 1. The number of morpholine rings is 1. The predicted octanol–water partition coefficient (Wildman–Crippen LogP) is 1.40. The number of hydrogen-bond donors (Lipinski definition) is 2. The van der Waals surface area contributed by atoms with Gasteiger partial charge in [0.25, 0.3) is 0 Å². The summed E-state index contributed by atoms with van der Waals surface area (Å²) in [4.78, 5) is 14.5. The summed E-state index contributed by atoms with van der Waals surface area (Å²) >= 11 is 0. The number of carbonyl (C=O) groups excluding carboxylic acids is 1. The highest BCUT2D eigenvalue weighted by molar-refractivity contribution is 5.73. The summed E-state index contributed by atoms with van der Waals surface area (Å²) < 4.78 is 23.9. The van der Waals surface area contributed by atoms with Crippen molar-refractivity contribution >= 4 is 6.03 Å². The molecule has 2 fully saturated rings. The van der Waals surface area contributed by atoms with E-state index in [0.29, 0.717) is 25.4 Å². The van der Waals surface area contributed by atoms with E-state index in [1.807, 2.05) is 0 Å². The minimum absolute atomic E-state index is 0.163. The lowest BCUT2D eigenvalue weighted by Gasteiger charge is -2.37. The maximum absolute atomic E-state index is 12.9. The number of ether oxygens (including phenoxy) is 2. The van der Waals surface area contributed by atoms with E-state index in [-0.39, 0.29) is 17.9 Å². The van der Waals surface area contributed by atoms with Gasteiger partial charge in [0, 0.05) is 44.7 Å². The highest BCUT2D eigenvalue weighted by atomic mass is 19.1. The van der Waals surface area contributed by atoms with Crippen molar-refractivity contribution in [2.45, 2.75) is 18.9 Å². The van der Waals surface area contributed by atoms with Crippen molar-refractivity contribution in [3.63, 3.8) is 0 Å². The minimum atomic E-state index is -0.246. The first-order chi connectivity index (χ1) is 12.7. The molecular formula is C19H28FN3O3. The summed E-state index contributed by atoms with van der Waals surface area (Å²) in [6.45, 7) is 5.97. The molecule has 0 radical (unpaired) electrons. The Bertz CT molecular complexity index is 558. The SMILES string of the molecule is O=C(NCCc1ccc(F)cc1)NCC(C1CCOC1)N1CCOCC1. The van der Waals surface area contributed by atoms with Crippen molar-refractivity contribution in [2.75, 3.05) is 52.6 Å². The lowest BCUT2D eigenvalue weighted by Crippen LogP contribution is -2.53. The molecule has 0 spiro atoms. The highest BCUT2D eigenvalue weighted by Gasteiger charge is 2.31. The summed E-state index contributed by atoms with van der Waals surface area (Å²) in [5.74, 6) is 0.206. The normalized spacial score (nSPS) is 22.1. The lowest BCUT2D eigenvalue weighted by molar-refractivity contribution is 0.00213. The monoisotopic (exact) mass is 365 g/mol. The van der Waals surface area contributed by atoms with E-state index in [2.05, 4.69) is 15.5 Å². The summed E-state index contributed by atoms with van der Waals surface area (Å²) in [5.41, 5.74) is 1.00. The summed E-state index contributed by atoms with van der Waals surface area (Å²) in [6.07, 6.45) is 1.72. The summed E-state index contributed by atoms with van der Waals surface area (Å²) in [6, 6.07) is 6.47. The van der Waals surface area contributed by atoms with Gasteiger partial charge in [0.1, 0.15) is 5.82 Å². The van der Waals surface area contributed by atoms with Gasteiger partial charge < -0.3 is 20.1 Å². The van der Waals surface area contributed by atoms with Gasteiger partial charge in [-0.05, 0) is 30.5 Å². The molecule has 2 aliphatic rings. The molecule has 2 saturated heterocycles. The van der Waals surface area contributed by atoms with E-state index in [4.69, 9.17) is 9.47 Å². The number of halogens is 1. The Morgan fingerprint density at radius 1 is 1.15 bits per heavy atom. The fraction of sp³-hybridized carbons (Fsp3) is 0.632. The molecule has 0 aliphatic carbocycles. The number of nitrogens with one attached hydrogen (secondary N) is 2. The Morgan fingerprint density at radius 2 is 1.92 bits per heavy atom. The van der Waals surface area contributed by atoms with E-state index in [9.17, 15) is 9.18 Å². The Labute approximate surface area is 154 Å².